The van der Waals surface area contributed by atoms with E-state index >= 15 is 0 Å². The Bertz CT molecular complexity index is 1040. The largest absolute Gasteiger partial charge is 0.507 e. The Morgan fingerprint density at radius 2 is 1.97 bits per heavy atom. The maximum atomic E-state index is 12.9. The highest BCUT2D eigenvalue weighted by Crippen LogP contribution is 2.47. The minimum atomic E-state index is -4.40. The lowest BCUT2D eigenvalue weighted by molar-refractivity contribution is -0.139. The minimum absolute atomic E-state index is 0.122. The highest BCUT2D eigenvalue weighted by atomic mass is 79.9. The standard InChI is InChI=1S/C21H18BrF3N2O3/c1-2-30-20(29)14-9-27-10-16(11-3-5-12(6-4-11)21(23,24)25)26-17-15(22)8-7-13(18(17)27)19(14)28/h3-8,16,26,28H,2,9-10H2,1H3. The van der Waals surface area contributed by atoms with Gasteiger partial charge in [-0.2, -0.15) is 13.2 Å². The molecule has 2 heterocycles. The number of halogens is 4. The van der Waals surface area contributed by atoms with Gasteiger partial charge in [-0.3, -0.25) is 0 Å². The number of benzene rings is 2. The van der Waals surface area contributed by atoms with Crippen molar-refractivity contribution in [3.8, 4) is 0 Å². The molecule has 2 aromatic rings. The molecule has 4 rings (SSSR count). The number of rotatable bonds is 3. The number of alkyl halides is 3. The minimum Gasteiger partial charge on any atom is -0.507 e. The van der Waals surface area contributed by atoms with Crippen LogP contribution in [0.1, 0.15) is 29.7 Å². The van der Waals surface area contributed by atoms with Crippen LogP contribution in [0.3, 0.4) is 0 Å². The number of hydrogen-bond donors (Lipinski definition) is 2. The van der Waals surface area contributed by atoms with Crippen LogP contribution in [-0.2, 0) is 15.7 Å². The van der Waals surface area contributed by atoms with Crippen molar-refractivity contribution in [3.05, 3.63) is 63.1 Å². The molecule has 0 fully saturated rings. The molecule has 0 saturated carbocycles. The lowest BCUT2D eigenvalue weighted by Gasteiger charge is -2.41. The summed E-state index contributed by atoms with van der Waals surface area (Å²) in [5.41, 5.74) is 2.08. The van der Waals surface area contributed by atoms with Gasteiger partial charge in [0.15, 0.2) is 0 Å². The summed E-state index contributed by atoms with van der Waals surface area (Å²) < 4.78 is 44.5. The fourth-order valence-corrected chi connectivity index (χ4v) is 4.23. The molecule has 0 amide bonds. The molecule has 0 saturated heterocycles. The molecule has 158 valence electrons. The van der Waals surface area contributed by atoms with Crippen LogP contribution in [0.4, 0.5) is 24.5 Å². The zero-order valence-corrected chi connectivity index (χ0v) is 17.5. The molecule has 2 aliphatic heterocycles. The molecular weight excluding hydrogens is 465 g/mol. The van der Waals surface area contributed by atoms with E-state index in [1.54, 1.807) is 19.1 Å². The van der Waals surface area contributed by atoms with Crippen LogP contribution in [0, 0.1) is 0 Å². The number of nitrogens with one attached hydrogen (secondary N) is 1. The topological polar surface area (TPSA) is 61.8 Å². The summed E-state index contributed by atoms with van der Waals surface area (Å²) >= 11 is 3.50. The maximum Gasteiger partial charge on any atom is 0.416 e. The Labute approximate surface area is 179 Å². The summed E-state index contributed by atoms with van der Waals surface area (Å²) in [6.45, 7) is 2.41. The number of esters is 1. The van der Waals surface area contributed by atoms with E-state index in [-0.39, 0.29) is 30.5 Å². The van der Waals surface area contributed by atoms with Crippen LogP contribution in [0.2, 0.25) is 0 Å². The van der Waals surface area contributed by atoms with Crippen LogP contribution >= 0.6 is 15.9 Å². The molecule has 0 aliphatic carbocycles. The van der Waals surface area contributed by atoms with Crippen molar-refractivity contribution < 1.29 is 27.8 Å². The zero-order valence-electron chi connectivity index (χ0n) is 15.9. The van der Waals surface area contributed by atoms with Crippen molar-refractivity contribution in [2.75, 3.05) is 29.9 Å². The Balaban J connectivity index is 1.72. The molecule has 0 radical (unpaired) electrons. The Kier molecular flexibility index (Phi) is 5.17. The second-order valence-electron chi connectivity index (χ2n) is 7.06. The third-order valence-corrected chi connectivity index (χ3v) is 5.88. The molecule has 0 bridgehead atoms. The molecular formula is C21H18BrF3N2O3. The average molecular weight is 483 g/mol. The van der Waals surface area contributed by atoms with Gasteiger partial charge in [-0.25, -0.2) is 4.79 Å². The number of carbonyl (C=O) groups excluding carboxylic acids is 1. The van der Waals surface area contributed by atoms with E-state index in [1.807, 2.05) is 4.90 Å². The Morgan fingerprint density at radius 3 is 2.60 bits per heavy atom. The molecule has 2 N–H and O–H groups in total. The Hall–Kier alpha value is -2.68. The molecule has 1 atom stereocenters. The molecule has 5 nitrogen and oxygen atoms in total. The maximum absolute atomic E-state index is 12.9. The number of aliphatic hydroxyl groups excluding tert-OH is 1. The van der Waals surface area contributed by atoms with Crippen LogP contribution in [0.5, 0.6) is 0 Å². The van der Waals surface area contributed by atoms with Gasteiger partial charge in [0, 0.05) is 16.6 Å². The fraction of sp³-hybridized carbons (Fsp3) is 0.286. The van der Waals surface area contributed by atoms with Crippen LogP contribution in [0.15, 0.2) is 46.4 Å². The van der Waals surface area contributed by atoms with E-state index in [4.69, 9.17) is 4.74 Å². The molecule has 30 heavy (non-hydrogen) atoms. The van der Waals surface area contributed by atoms with E-state index in [0.29, 0.717) is 23.4 Å². The summed E-state index contributed by atoms with van der Waals surface area (Å²) in [7, 11) is 0. The number of ether oxygens (including phenoxy) is 1. The quantitative estimate of drug-likeness (QED) is 0.582. The smallest absolute Gasteiger partial charge is 0.416 e. The first-order chi connectivity index (χ1) is 14.2. The third-order valence-electron chi connectivity index (χ3n) is 5.22. The first-order valence-corrected chi connectivity index (χ1v) is 10.1. The van der Waals surface area contributed by atoms with E-state index in [2.05, 4.69) is 21.2 Å². The highest BCUT2D eigenvalue weighted by molar-refractivity contribution is 9.10. The molecule has 1 unspecified atom stereocenters. The summed E-state index contributed by atoms with van der Waals surface area (Å²) in [5.74, 6) is -0.710. The number of nitrogens with zero attached hydrogens (tertiary/aromatic N) is 1. The van der Waals surface area contributed by atoms with Crippen molar-refractivity contribution in [1.82, 2.24) is 0 Å². The lowest BCUT2D eigenvalue weighted by atomic mass is 9.94. The normalized spacial score (nSPS) is 18.0. The monoisotopic (exact) mass is 482 g/mol. The van der Waals surface area contributed by atoms with Gasteiger partial charge in [0.25, 0.3) is 0 Å². The molecule has 2 aliphatic rings. The van der Waals surface area contributed by atoms with E-state index < -0.39 is 17.7 Å². The van der Waals surface area contributed by atoms with Gasteiger partial charge >= 0.3 is 12.1 Å². The molecule has 0 spiro atoms. The third kappa shape index (κ3) is 3.51. The summed E-state index contributed by atoms with van der Waals surface area (Å²) in [6, 6.07) is 8.17. The summed E-state index contributed by atoms with van der Waals surface area (Å²) in [5, 5.41) is 14.0. The van der Waals surface area contributed by atoms with Crippen molar-refractivity contribution in [2.45, 2.75) is 19.1 Å². The van der Waals surface area contributed by atoms with Crippen LogP contribution in [0.25, 0.3) is 5.76 Å². The van der Waals surface area contributed by atoms with Gasteiger partial charge in [-0.1, -0.05) is 12.1 Å². The van der Waals surface area contributed by atoms with E-state index in [9.17, 15) is 23.1 Å². The number of hydrogen-bond acceptors (Lipinski definition) is 5. The summed E-state index contributed by atoms with van der Waals surface area (Å²) in [6.07, 6.45) is -4.40. The van der Waals surface area contributed by atoms with Gasteiger partial charge in [0.05, 0.1) is 41.7 Å². The fourth-order valence-electron chi connectivity index (χ4n) is 3.80. The number of anilines is 2. The molecule has 2 aromatic carbocycles. The zero-order chi connectivity index (χ0) is 21.6. The van der Waals surface area contributed by atoms with Gasteiger partial charge in [-0.05, 0) is 52.7 Å². The lowest BCUT2D eigenvalue weighted by Crippen LogP contribution is -2.41. The van der Waals surface area contributed by atoms with Crippen LogP contribution < -0.4 is 10.2 Å². The molecule has 0 aromatic heterocycles. The van der Waals surface area contributed by atoms with Gasteiger partial charge in [0.1, 0.15) is 5.76 Å². The second kappa shape index (κ2) is 7.54. The predicted octanol–water partition coefficient (Wildman–Crippen LogP) is 5.29. The predicted molar refractivity (Wildman–Crippen MR) is 110 cm³/mol. The highest BCUT2D eigenvalue weighted by Gasteiger charge is 2.37. The van der Waals surface area contributed by atoms with E-state index in [1.165, 1.54) is 12.1 Å². The van der Waals surface area contributed by atoms with Crippen molar-refractivity contribution in [1.29, 1.82) is 0 Å². The van der Waals surface area contributed by atoms with Crippen molar-refractivity contribution in [3.63, 3.8) is 0 Å². The van der Waals surface area contributed by atoms with Gasteiger partial charge in [-0.15, -0.1) is 0 Å². The van der Waals surface area contributed by atoms with Gasteiger partial charge in [0.2, 0.25) is 0 Å². The molecule has 9 heteroatoms. The first kappa shape index (κ1) is 20.6. The van der Waals surface area contributed by atoms with E-state index in [0.717, 1.165) is 22.3 Å². The summed E-state index contributed by atoms with van der Waals surface area (Å²) in [4.78, 5) is 14.3. The van der Waals surface area contributed by atoms with Crippen LogP contribution in [-0.4, -0.2) is 30.8 Å². The Morgan fingerprint density at radius 1 is 1.27 bits per heavy atom. The second-order valence-corrected chi connectivity index (χ2v) is 7.92. The first-order valence-electron chi connectivity index (χ1n) is 9.31. The number of aliphatic hydroxyl groups is 1. The van der Waals surface area contributed by atoms with Crippen molar-refractivity contribution >= 4 is 39.0 Å². The van der Waals surface area contributed by atoms with Crippen molar-refractivity contribution in [2.24, 2.45) is 0 Å². The number of carbonyl (C=O) groups is 1. The average Bonchev–Trinajstić information content (AvgIpc) is 2.71. The van der Waals surface area contributed by atoms with Gasteiger partial charge < -0.3 is 20.1 Å². The SMILES string of the molecule is CCOC(=O)C1=C(O)c2ccc(Br)c3c2N(C1)CC(c1ccc(C(F)(F)F)cc1)N3.